The highest BCUT2D eigenvalue weighted by atomic mass is 19.1. The molecule has 2 N–H and O–H groups in total. The SMILES string of the molecule is Cn1cc(-c2ccnc(Oc3ccc(F)c(NC(=O)Nc4cn(C(C)(C)C)cn4)c3)n2)cn1. The zero-order valence-corrected chi connectivity index (χ0v) is 18.6. The fraction of sp³-hybridized carbons (Fsp3) is 0.227. The van der Waals surface area contributed by atoms with Gasteiger partial charge in [0.1, 0.15) is 11.6 Å². The second-order valence-electron chi connectivity index (χ2n) is 8.29. The molecule has 3 heterocycles. The van der Waals surface area contributed by atoms with Gasteiger partial charge in [-0.3, -0.25) is 10.00 Å². The smallest absolute Gasteiger partial charge is 0.324 e. The van der Waals surface area contributed by atoms with E-state index in [4.69, 9.17) is 4.74 Å². The first-order valence-corrected chi connectivity index (χ1v) is 10.1. The maximum atomic E-state index is 14.3. The number of benzene rings is 1. The molecular formula is C22H23FN8O2. The third kappa shape index (κ3) is 5.32. The van der Waals surface area contributed by atoms with Gasteiger partial charge in [0, 0.05) is 42.8 Å². The van der Waals surface area contributed by atoms with Crippen molar-refractivity contribution in [3.8, 4) is 23.0 Å². The van der Waals surface area contributed by atoms with Crippen molar-refractivity contribution in [3.63, 3.8) is 0 Å². The summed E-state index contributed by atoms with van der Waals surface area (Å²) in [4.78, 5) is 24.9. The van der Waals surface area contributed by atoms with Crippen LogP contribution >= 0.6 is 0 Å². The van der Waals surface area contributed by atoms with E-state index in [0.29, 0.717) is 11.5 Å². The Bertz CT molecular complexity index is 1290. The number of urea groups is 1. The predicted octanol–water partition coefficient (Wildman–Crippen LogP) is 4.40. The maximum absolute atomic E-state index is 14.3. The van der Waals surface area contributed by atoms with Crippen LogP contribution in [0.1, 0.15) is 20.8 Å². The summed E-state index contributed by atoms with van der Waals surface area (Å²) in [6.07, 6.45) is 8.36. The summed E-state index contributed by atoms with van der Waals surface area (Å²) in [6.45, 7) is 6.03. The van der Waals surface area contributed by atoms with Gasteiger partial charge in [0.15, 0.2) is 5.82 Å². The van der Waals surface area contributed by atoms with Gasteiger partial charge in [0.05, 0.1) is 23.9 Å². The number of hydrogen-bond donors (Lipinski definition) is 2. The minimum atomic E-state index is -0.639. The number of halogens is 1. The molecule has 0 bridgehead atoms. The Morgan fingerprint density at radius 1 is 1.12 bits per heavy atom. The highest BCUT2D eigenvalue weighted by Crippen LogP contribution is 2.26. The number of carbonyl (C=O) groups is 1. The predicted molar refractivity (Wildman–Crippen MR) is 121 cm³/mol. The van der Waals surface area contributed by atoms with Crippen molar-refractivity contribution in [2.75, 3.05) is 10.6 Å². The molecule has 33 heavy (non-hydrogen) atoms. The van der Waals surface area contributed by atoms with Crippen LogP contribution in [-0.2, 0) is 12.6 Å². The lowest BCUT2D eigenvalue weighted by atomic mass is 10.1. The summed E-state index contributed by atoms with van der Waals surface area (Å²) < 4.78 is 23.5. The van der Waals surface area contributed by atoms with E-state index < -0.39 is 11.8 Å². The molecule has 1 aromatic carbocycles. The van der Waals surface area contributed by atoms with Crippen LogP contribution in [-0.4, -0.2) is 35.3 Å². The summed E-state index contributed by atoms with van der Waals surface area (Å²) in [5.74, 6) is -0.0225. The summed E-state index contributed by atoms with van der Waals surface area (Å²) in [5.41, 5.74) is 1.18. The monoisotopic (exact) mass is 450 g/mol. The summed E-state index contributed by atoms with van der Waals surface area (Å²) in [7, 11) is 1.81. The number of amides is 2. The standard InChI is InChI=1S/C22H23FN8O2/c1-22(2,3)31-12-19(25-13-31)29-20(32)27-18-9-15(5-6-16(18)23)33-21-24-8-7-17(28-21)14-10-26-30(4)11-14/h5-13H,1-4H3,(H2,27,29,32). The van der Waals surface area contributed by atoms with Crippen molar-refractivity contribution >= 4 is 17.5 Å². The van der Waals surface area contributed by atoms with Crippen molar-refractivity contribution in [1.29, 1.82) is 0 Å². The van der Waals surface area contributed by atoms with E-state index in [-0.39, 0.29) is 23.0 Å². The number of hydrogen-bond acceptors (Lipinski definition) is 6. The average molecular weight is 450 g/mol. The van der Waals surface area contributed by atoms with Gasteiger partial charge >= 0.3 is 12.0 Å². The molecule has 0 atom stereocenters. The first kappa shape index (κ1) is 21.9. The van der Waals surface area contributed by atoms with Crippen LogP contribution in [0.15, 0.2) is 55.4 Å². The first-order valence-electron chi connectivity index (χ1n) is 10.1. The molecule has 0 radical (unpaired) electrons. The number of aryl methyl sites for hydroxylation is 1. The second kappa shape index (κ2) is 8.69. The van der Waals surface area contributed by atoms with E-state index in [1.807, 2.05) is 38.6 Å². The van der Waals surface area contributed by atoms with Crippen molar-refractivity contribution in [1.82, 2.24) is 29.3 Å². The molecule has 170 valence electrons. The Labute approximate surface area is 189 Å². The molecule has 0 aliphatic rings. The number of aromatic nitrogens is 6. The number of nitrogens with one attached hydrogen (secondary N) is 2. The molecule has 11 heteroatoms. The quantitative estimate of drug-likeness (QED) is 0.466. The molecule has 0 aliphatic carbocycles. The fourth-order valence-electron chi connectivity index (χ4n) is 2.90. The van der Waals surface area contributed by atoms with Crippen LogP contribution in [0.5, 0.6) is 11.8 Å². The lowest BCUT2D eigenvalue weighted by Crippen LogP contribution is -2.21. The fourth-order valence-corrected chi connectivity index (χ4v) is 2.90. The molecule has 0 unspecified atom stereocenters. The van der Waals surface area contributed by atoms with Gasteiger partial charge in [-0.25, -0.2) is 19.2 Å². The second-order valence-corrected chi connectivity index (χ2v) is 8.29. The number of imidazole rings is 1. The molecule has 0 spiro atoms. The van der Waals surface area contributed by atoms with Gasteiger partial charge in [-0.05, 0) is 39.0 Å². The molecule has 3 aromatic heterocycles. The molecule has 4 rings (SSSR count). The molecule has 4 aromatic rings. The normalized spacial score (nSPS) is 11.3. The maximum Gasteiger partial charge on any atom is 0.324 e. The van der Waals surface area contributed by atoms with Crippen LogP contribution in [0.4, 0.5) is 20.7 Å². The highest BCUT2D eigenvalue weighted by molar-refractivity contribution is 5.99. The van der Waals surface area contributed by atoms with E-state index in [1.165, 1.54) is 18.2 Å². The Hall–Kier alpha value is -4.28. The number of nitrogens with zero attached hydrogens (tertiary/aromatic N) is 6. The van der Waals surface area contributed by atoms with E-state index in [2.05, 4.69) is 30.7 Å². The molecule has 0 saturated carbocycles. The zero-order valence-electron chi connectivity index (χ0n) is 18.6. The van der Waals surface area contributed by atoms with Crippen LogP contribution in [0, 0.1) is 5.82 Å². The first-order chi connectivity index (χ1) is 15.7. The Morgan fingerprint density at radius 3 is 2.64 bits per heavy atom. The van der Waals surface area contributed by atoms with Gasteiger partial charge in [0.2, 0.25) is 0 Å². The number of ether oxygens (including phenoxy) is 1. The van der Waals surface area contributed by atoms with Gasteiger partial charge in [-0.1, -0.05) is 0 Å². The lowest BCUT2D eigenvalue weighted by Gasteiger charge is -2.19. The molecular weight excluding hydrogens is 427 g/mol. The Kier molecular flexibility index (Phi) is 5.78. The van der Waals surface area contributed by atoms with Crippen molar-refractivity contribution in [2.24, 2.45) is 7.05 Å². The lowest BCUT2D eigenvalue weighted by molar-refractivity contribution is 0.262. The summed E-state index contributed by atoms with van der Waals surface area (Å²) >= 11 is 0. The van der Waals surface area contributed by atoms with Crippen molar-refractivity contribution < 1.29 is 13.9 Å². The summed E-state index contributed by atoms with van der Waals surface area (Å²) in [5, 5.41) is 9.17. The minimum Gasteiger partial charge on any atom is -0.424 e. The van der Waals surface area contributed by atoms with Gasteiger partial charge in [-0.2, -0.15) is 10.1 Å². The molecule has 0 fully saturated rings. The number of anilines is 2. The highest BCUT2D eigenvalue weighted by Gasteiger charge is 2.15. The molecule has 10 nitrogen and oxygen atoms in total. The molecule has 0 aliphatic heterocycles. The largest absolute Gasteiger partial charge is 0.424 e. The van der Waals surface area contributed by atoms with Crippen LogP contribution < -0.4 is 15.4 Å². The molecule has 2 amide bonds. The molecule has 0 saturated heterocycles. The number of rotatable bonds is 5. The zero-order chi connectivity index (χ0) is 23.6. The average Bonchev–Trinajstić information content (AvgIpc) is 3.40. The van der Waals surface area contributed by atoms with Gasteiger partial charge in [0.25, 0.3) is 0 Å². The van der Waals surface area contributed by atoms with Crippen LogP contribution in [0.25, 0.3) is 11.3 Å². The van der Waals surface area contributed by atoms with Gasteiger partial charge < -0.3 is 14.6 Å². The topological polar surface area (TPSA) is 112 Å². The Morgan fingerprint density at radius 2 is 1.94 bits per heavy atom. The Balaban J connectivity index is 1.46. The van der Waals surface area contributed by atoms with E-state index in [9.17, 15) is 9.18 Å². The summed E-state index contributed by atoms with van der Waals surface area (Å²) in [6, 6.07) is 5.12. The van der Waals surface area contributed by atoms with E-state index in [1.54, 1.807) is 35.7 Å². The van der Waals surface area contributed by atoms with Gasteiger partial charge in [-0.15, -0.1) is 0 Å². The van der Waals surface area contributed by atoms with Crippen molar-refractivity contribution in [2.45, 2.75) is 26.3 Å². The van der Waals surface area contributed by atoms with E-state index >= 15 is 0 Å². The third-order valence-electron chi connectivity index (χ3n) is 4.63. The van der Waals surface area contributed by atoms with Crippen LogP contribution in [0.2, 0.25) is 0 Å². The van der Waals surface area contributed by atoms with E-state index in [0.717, 1.165) is 5.56 Å². The minimum absolute atomic E-state index is 0.0660. The van der Waals surface area contributed by atoms with Crippen molar-refractivity contribution in [3.05, 3.63) is 61.2 Å². The number of carbonyl (C=O) groups excluding carboxylic acids is 1. The van der Waals surface area contributed by atoms with Crippen LogP contribution in [0.3, 0.4) is 0 Å². The third-order valence-corrected chi connectivity index (χ3v) is 4.63.